The number of hydrogen-bond acceptors (Lipinski definition) is 10. The highest BCUT2D eigenvalue weighted by molar-refractivity contribution is 6.00. The van der Waals surface area contributed by atoms with Crippen LogP contribution in [0, 0.1) is 0 Å². The number of hydrogen-bond donors (Lipinski definition) is 3. The van der Waals surface area contributed by atoms with Gasteiger partial charge in [-0.1, -0.05) is 0 Å². The maximum Gasteiger partial charge on any atom is 0.276 e. The molecule has 0 saturated carbocycles. The van der Waals surface area contributed by atoms with E-state index in [1.54, 1.807) is 44.4 Å². The summed E-state index contributed by atoms with van der Waals surface area (Å²) < 4.78 is 22.0. The van der Waals surface area contributed by atoms with Crippen molar-refractivity contribution in [3.05, 3.63) is 60.1 Å². The average molecular weight is 677 g/mol. The Hall–Kier alpha value is -5.60. The fourth-order valence-corrected chi connectivity index (χ4v) is 5.75. The van der Waals surface area contributed by atoms with Crippen LogP contribution in [0.2, 0.25) is 0 Å². The molecule has 260 valence electrons. The molecule has 2 atom stereocenters. The van der Waals surface area contributed by atoms with Crippen LogP contribution in [0.1, 0.15) is 47.0 Å². The van der Waals surface area contributed by atoms with Gasteiger partial charge in [-0.25, -0.2) is 4.98 Å². The van der Waals surface area contributed by atoms with E-state index < -0.39 is 29.8 Å². The Morgan fingerprint density at radius 3 is 2.47 bits per heavy atom. The van der Waals surface area contributed by atoms with E-state index in [0.717, 1.165) is 0 Å². The highest BCUT2D eigenvalue weighted by atomic mass is 16.5. The molecule has 0 aliphatic carbocycles. The number of nitrogens with one attached hydrogen (secondary N) is 3. The van der Waals surface area contributed by atoms with Gasteiger partial charge in [-0.2, -0.15) is 0 Å². The normalized spacial score (nSPS) is 19.8. The van der Waals surface area contributed by atoms with E-state index >= 15 is 0 Å². The van der Waals surface area contributed by atoms with E-state index in [0.29, 0.717) is 42.9 Å². The molecule has 1 fully saturated rings. The van der Waals surface area contributed by atoms with Gasteiger partial charge in [0.05, 0.1) is 27.3 Å². The minimum Gasteiger partial charge on any atom is -0.497 e. The van der Waals surface area contributed by atoms with Crippen LogP contribution in [-0.4, -0.2) is 110 Å². The van der Waals surface area contributed by atoms with Crippen molar-refractivity contribution in [1.82, 2.24) is 30.7 Å². The van der Waals surface area contributed by atoms with Crippen LogP contribution in [0.15, 0.2) is 53.3 Å². The second kappa shape index (κ2) is 16.0. The van der Waals surface area contributed by atoms with Gasteiger partial charge in [0.25, 0.3) is 11.8 Å². The molecule has 1 saturated heterocycles. The first-order valence-electron chi connectivity index (χ1n) is 16.0. The summed E-state index contributed by atoms with van der Waals surface area (Å²) >= 11 is 0. The molecule has 15 heteroatoms. The summed E-state index contributed by atoms with van der Waals surface area (Å²) in [6.45, 7) is 2.14. The third-order valence-electron chi connectivity index (χ3n) is 8.31. The zero-order chi connectivity index (χ0) is 34.9. The fraction of sp³-hybridized carbons (Fsp3) is 0.412. The van der Waals surface area contributed by atoms with Crippen molar-refractivity contribution in [2.45, 2.75) is 38.3 Å². The Balaban J connectivity index is 1.36. The molecular weight excluding hydrogens is 636 g/mol. The Morgan fingerprint density at radius 1 is 0.939 bits per heavy atom. The van der Waals surface area contributed by atoms with Gasteiger partial charge in [0, 0.05) is 30.8 Å². The van der Waals surface area contributed by atoms with Crippen molar-refractivity contribution < 1.29 is 42.6 Å². The lowest BCUT2D eigenvalue weighted by molar-refractivity contribution is -0.139. The molecule has 0 radical (unpaired) electrons. The molecule has 6 rings (SSSR count). The van der Waals surface area contributed by atoms with Crippen molar-refractivity contribution in [3.63, 3.8) is 0 Å². The minimum atomic E-state index is -0.886. The van der Waals surface area contributed by atoms with Crippen molar-refractivity contribution in [2.75, 3.05) is 53.6 Å². The molecule has 3 aromatic rings. The Kier molecular flexibility index (Phi) is 11.3. The molecule has 2 aromatic carbocycles. The van der Waals surface area contributed by atoms with Gasteiger partial charge < -0.3 is 44.4 Å². The Bertz CT molecular complexity index is 1670. The van der Waals surface area contributed by atoms with E-state index in [9.17, 15) is 24.0 Å². The van der Waals surface area contributed by atoms with Crippen molar-refractivity contribution >= 4 is 29.5 Å². The van der Waals surface area contributed by atoms with Crippen LogP contribution in [0.4, 0.5) is 0 Å². The summed E-state index contributed by atoms with van der Waals surface area (Å²) in [5.41, 5.74) is 0.883. The van der Waals surface area contributed by atoms with Gasteiger partial charge in [0.1, 0.15) is 24.4 Å². The molecule has 4 heterocycles. The number of carbonyl (C=O) groups excluding carboxylic acids is 5. The van der Waals surface area contributed by atoms with Gasteiger partial charge in [-0.15, -0.1) is 0 Å². The summed E-state index contributed by atoms with van der Waals surface area (Å²) in [6, 6.07) is 9.94. The van der Waals surface area contributed by atoms with Gasteiger partial charge >= 0.3 is 0 Å². The number of rotatable bonds is 4. The number of oxazole rings is 1. The van der Waals surface area contributed by atoms with Crippen LogP contribution in [-0.2, 0) is 14.4 Å². The number of nitrogens with zero attached hydrogens (tertiary/aromatic N) is 3. The van der Waals surface area contributed by atoms with Gasteiger partial charge in [-0.05, 0) is 68.7 Å². The molecule has 2 bridgehead atoms. The summed E-state index contributed by atoms with van der Waals surface area (Å²) in [5, 5.41) is 8.34. The molecule has 3 aliphatic heterocycles. The number of fused-ring (bicyclic) bond motifs is 16. The van der Waals surface area contributed by atoms with Crippen LogP contribution in [0.5, 0.6) is 17.2 Å². The summed E-state index contributed by atoms with van der Waals surface area (Å²) in [7, 11) is 2.98. The number of aromatic nitrogens is 1. The van der Waals surface area contributed by atoms with E-state index in [4.69, 9.17) is 18.6 Å². The van der Waals surface area contributed by atoms with Crippen LogP contribution >= 0.6 is 0 Å². The van der Waals surface area contributed by atoms with E-state index in [-0.39, 0.29) is 67.4 Å². The van der Waals surface area contributed by atoms with E-state index in [2.05, 4.69) is 20.9 Å². The predicted molar refractivity (Wildman–Crippen MR) is 175 cm³/mol. The largest absolute Gasteiger partial charge is 0.497 e. The zero-order valence-corrected chi connectivity index (χ0v) is 27.7. The van der Waals surface area contributed by atoms with Gasteiger partial charge in [-0.3, -0.25) is 24.0 Å². The third kappa shape index (κ3) is 8.28. The first-order chi connectivity index (χ1) is 23.7. The number of methoxy groups -OCH3 is 2. The lowest BCUT2D eigenvalue weighted by atomic mass is 10.1. The first kappa shape index (κ1) is 34.7. The fourth-order valence-electron chi connectivity index (χ4n) is 5.75. The molecule has 3 aliphatic rings. The summed E-state index contributed by atoms with van der Waals surface area (Å²) in [4.78, 5) is 73.4. The zero-order valence-electron chi connectivity index (χ0n) is 27.7. The third-order valence-corrected chi connectivity index (χ3v) is 8.31. The second-order valence-electron chi connectivity index (χ2n) is 11.6. The van der Waals surface area contributed by atoms with E-state index in [1.165, 1.54) is 35.4 Å². The van der Waals surface area contributed by atoms with E-state index in [1.807, 2.05) is 0 Å². The number of amides is 5. The molecule has 5 amide bonds. The maximum absolute atomic E-state index is 13.8. The maximum atomic E-state index is 13.8. The molecule has 15 nitrogen and oxygen atoms in total. The Morgan fingerprint density at radius 2 is 1.71 bits per heavy atom. The molecule has 1 aromatic heterocycles. The second-order valence-corrected chi connectivity index (χ2v) is 11.6. The lowest BCUT2D eigenvalue weighted by Gasteiger charge is -2.27. The van der Waals surface area contributed by atoms with Gasteiger partial charge in [0.2, 0.25) is 17.7 Å². The predicted octanol–water partition coefficient (Wildman–Crippen LogP) is 1.63. The molecule has 0 unspecified atom stereocenters. The van der Waals surface area contributed by atoms with Crippen molar-refractivity contribution in [2.24, 2.45) is 0 Å². The number of ether oxygens (including phenoxy) is 3. The monoisotopic (exact) mass is 676 g/mol. The Labute approximate surface area is 283 Å². The number of carbonyl (C=O) groups is 5. The standard InChI is InChI=1S/C34H40N6O9/c1-21-33(44)40-16-4-6-25(40)32(43)36-13-5-15-39(34(45)29-30(49-20-37-29)22-7-10-24(46-2)11-8-22)19-28(41)35-14-17-48-26-12-9-23(31(42)38-21)18-27(26)47-3/h7-12,18,20-21,25H,4-6,13-17,19H2,1-3H3,(H,35,41)(H,36,43)(H,38,42)/t21-,25+/m0/s1. The minimum absolute atomic E-state index is 0.0311. The molecule has 3 N–H and O–H groups in total. The lowest BCUT2D eigenvalue weighted by Crippen LogP contribution is -2.52. The van der Waals surface area contributed by atoms with Gasteiger partial charge in [0.15, 0.2) is 29.3 Å². The van der Waals surface area contributed by atoms with Crippen LogP contribution in [0.25, 0.3) is 11.3 Å². The first-order valence-corrected chi connectivity index (χ1v) is 16.0. The number of benzene rings is 2. The molecular formula is C34H40N6O9. The van der Waals surface area contributed by atoms with Crippen molar-refractivity contribution in [3.8, 4) is 28.6 Å². The molecule has 49 heavy (non-hydrogen) atoms. The topological polar surface area (TPSA) is 182 Å². The summed E-state index contributed by atoms with van der Waals surface area (Å²) in [5.74, 6) is -0.654. The quantitative estimate of drug-likeness (QED) is 0.344. The average Bonchev–Trinajstić information content (AvgIpc) is 3.81. The SMILES string of the molecule is COc1ccc(-c2ocnc2C(=O)N2CCCNC(=O)[C@H]3CCCN3C(=O)[C@H](C)NC(=O)c3ccc(c(OC)c3)OCCNC(=O)C2)cc1. The highest BCUT2D eigenvalue weighted by Crippen LogP contribution is 2.29. The van der Waals surface area contributed by atoms with Crippen LogP contribution < -0.4 is 30.2 Å². The highest BCUT2D eigenvalue weighted by Gasteiger charge is 2.36. The summed E-state index contributed by atoms with van der Waals surface area (Å²) in [6.07, 6.45) is 2.59. The van der Waals surface area contributed by atoms with Crippen LogP contribution in [0.3, 0.4) is 0 Å². The molecule has 0 spiro atoms. The smallest absolute Gasteiger partial charge is 0.276 e. The van der Waals surface area contributed by atoms with Crippen molar-refractivity contribution in [1.29, 1.82) is 0 Å².